The first-order valence-electron chi connectivity index (χ1n) is 8.60. The molecule has 7 heteroatoms. The van der Waals surface area contributed by atoms with Crippen LogP contribution in [0.1, 0.15) is 26.0 Å². The van der Waals surface area contributed by atoms with E-state index in [0.29, 0.717) is 12.8 Å². The third-order valence-electron chi connectivity index (χ3n) is 4.38. The number of benzene rings is 1. The third-order valence-corrected chi connectivity index (χ3v) is 5.32. The van der Waals surface area contributed by atoms with Crippen LogP contribution in [0.3, 0.4) is 0 Å². The molecule has 2 unspecified atom stereocenters. The Kier molecular flexibility index (Phi) is 5.68. The quantitative estimate of drug-likeness (QED) is 0.751. The van der Waals surface area contributed by atoms with Crippen LogP contribution >= 0.6 is 11.3 Å². The van der Waals surface area contributed by atoms with E-state index in [-0.39, 0.29) is 18.6 Å². The van der Waals surface area contributed by atoms with Crippen molar-refractivity contribution in [2.24, 2.45) is 5.92 Å². The number of aromatic nitrogens is 1. The Balaban J connectivity index is 1.77. The number of ether oxygens (including phenoxy) is 1. The van der Waals surface area contributed by atoms with Gasteiger partial charge < -0.3 is 9.84 Å². The topological polar surface area (TPSA) is 79.7 Å². The van der Waals surface area contributed by atoms with Gasteiger partial charge in [-0.05, 0) is 12.3 Å². The predicted molar refractivity (Wildman–Crippen MR) is 98.7 cm³/mol. The summed E-state index contributed by atoms with van der Waals surface area (Å²) in [7, 11) is 0. The van der Waals surface area contributed by atoms with Gasteiger partial charge in [-0.15, -0.1) is 11.3 Å². The van der Waals surface area contributed by atoms with E-state index < -0.39 is 18.1 Å². The highest BCUT2D eigenvalue weighted by Crippen LogP contribution is 2.27. The number of esters is 1. The molecule has 1 saturated heterocycles. The van der Waals surface area contributed by atoms with Gasteiger partial charge in [0.15, 0.2) is 0 Å². The Hall–Kier alpha value is -2.25. The first kappa shape index (κ1) is 18.5. The van der Waals surface area contributed by atoms with Crippen LogP contribution in [0.4, 0.5) is 0 Å². The van der Waals surface area contributed by atoms with Crippen LogP contribution in [-0.2, 0) is 20.7 Å². The van der Waals surface area contributed by atoms with Crippen molar-refractivity contribution in [3.63, 3.8) is 0 Å². The zero-order chi connectivity index (χ0) is 18.7. The normalized spacial score (nSPS) is 18.9. The molecule has 6 nitrogen and oxygen atoms in total. The van der Waals surface area contributed by atoms with E-state index in [1.165, 1.54) is 11.3 Å². The molecule has 1 aliphatic heterocycles. The number of aliphatic carboxylic acids is 1. The highest BCUT2D eigenvalue weighted by Gasteiger charge is 2.42. The summed E-state index contributed by atoms with van der Waals surface area (Å²) in [5.74, 6) is -1.10. The van der Waals surface area contributed by atoms with Gasteiger partial charge in [-0.2, -0.15) is 0 Å². The second kappa shape index (κ2) is 7.97. The molecule has 1 aromatic carbocycles. The predicted octanol–water partition coefficient (Wildman–Crippen LogP) is 3.04. The van der Waals surface area contributed by atoms with E-state index in [1.807, 2.05) is 49.6 Å². The summed E-state index contributed by atoms with van der Waals surface area (Å²) in [6.07, 6.45) is 0.818. The maximum Gasteiger partial charge on any atom is 0.325 e. The zero-order valence-corrected chi connectivity index (χ0v) is 15.6. The molecule has 0 aliphatic carbocycles. The lowest BCUT2D eigenvalue weighted by Gasteiger charge is -2.27. The van der Waals surface area contributed by atoms with Crippen LogP contribution in [0.5, 0.6) is 0 Å². The molecule has 2 heterocycles. The molecule has 0 bridgehead atoms. The van der Waals surface area contributed by atoms with Crippen molar-refractivity contribution in [3.05, 3.63) is 41.4 Å². The lowest BCUT2D eigenvalue weighted by atomic mass is 10.0. The molecule has 1 aromatic heterocycles. The number of carbonyl (C=O) groups is 2. The average molecular weight is 374 g/mol. The fraction of sp³-hybridized carbons (Fsp3) is 0.421. The Morgan fingerprint density at radius 1 is 1.38 bits per heavy atom. The first-order chi connectivity index (χ1) is 12.5. The molecule has 0 radical (unpaired) electrons. The largest absolute Gasteiger partial charge is 0.480 e. The SMILES string of the molecule is CC(C)CC(C(=O)O)N1COC(=O)C1Cc1csc(-c2ccccc2)n1. The van der Waals surface area contributed by atoms with E-state index in [2.05, 4.69) is 4.98 Å². The van der Waals surface area contributed by atoms with Gasteiger partial charge in [0.25, 0.3) is 0 Å². The Bertz CT molecular complexity index is 775. The molecule has 0 amide bonds. The highest BCUT2D eigenvalue weighted by atomic mass is 32.1. The molecule has 3 rings (SSSR count). The lowest BCUT2D eigenvalue weighted by molar-refractivity contribution is -0.145. The monoisotopic (exact) mass is 374 g/mol. The summed E-state index contributed by atoms with van der Waals surface area (Å²) in [6.45, 7) is 3.95. The van der Waals surface area contributed by atoms with Crippen LogP contribution < -0.4 is 0 Å². The number of carboxylic acids is 1. The van der Waals surface area contributed by atoms with Gasteiger partial charge in [0.2, 0.25) is 0 Å². The van der Waals surface area contributed by atoms with Gasteiger partial charge in [0.05, 0.1) is 5.69 Å². The van der Waals surface area contributed by atoms with Gasteiger partial charge in [-0.25, -0.2) is 9.88 Å². The summed E-state index contributed by atoms with van der Waals surface area (Å²) in [5, 5.41) is 12.4. The molecule has 1 N–H and O–H groups in total. The van der Waals surface area contributed by atoms with Crippen molar-refractivity contribution in [3.8, 4) is 10.6 Å². The lowest BCUT2D eigenvalue weighted by Crippen LogP contribution is -2.47. The number of carbonyl (C=O) groups excluding carboxylic acids is 1. The van der Waals surface area contributed by atoms with Crippen molar-refractivity contribution in [1.29, 1.82) is 0 Å². The van der Waals surface area contributed by atoms with Crippen LogP contribution in [0.15, 0.2) is 35.7 Å². The second-order valence-electron chi connectivity index (χ2n) is 6.82. The number of hydrogen-bond donors (Lipinski definition) is 1. The Morgan fingerprint density at radius 2 is 2.12 bits per heavy atom. The van der Waals surface area contributed by atoms with Gasteiger partial charge in [-0.3, -0.25) is 9.59 Å². The van der Waals surface area contributed by atoms with Crippen molar-refractivity contribution >= 4 is 23.3 Å². The fourth-order valence-corrected chi connectivity index (χ4v) is 3.94. The van der Waals surface area contributed by atoms with Crippen molar-refractivity contribution in [1.82, 2.24) is 9.88 Å². The standard InChI is InChI=1S/C19H22N2O4S/c1-12(2)8-15(18(22)23)21-11-25-19(24)16(21)9-14-10-26-17(20-14)13-6-4-3-5-7-13/h3-7,10,12,15-16H,8-9,11H2,1-2H3,(H,22,23). The molecule has 1 fully saturated rings. The van der Waals surface area contributed by atoms with E-state index >= 15 is 0 Å². The minimum atomic E-state index is -0.926. The fourth-order valence-electron chi connectivity index (χ4n) is 3.10. The summed E-state index contributed by atoms with van der Waals surface area (Å²) < 4.78 is 5.15. The van der Waals surface area contributed by atoms with Crippen LogP contribution in [0, 0.1) is 5.92 Å². The number of rotatable bonds is 7. The van der Waals surface area contributed by atoms with Gasteiger partial charge in [0.1, 0.15) is 23.8 Å². The molecular formula is C19H22N2O4S. The van der Waals surface area contributed by atoms with Gasteiger partial charge in [-0.1, -0.05) is 44.2 Å². The van der Waals surface area contributed by atoms with Crippen LogP contribution in [-0.4, -0.2) is 45.7 Å². The Labute approximate surface area is 156 Å². The van der Waals surface area contributed by atoms with Crippen molar-refractivity contribution in [2.75, 3.05) is 6.73 Å². The maximum atomic E-state index is 12.2. The maximum absolute atomic E-state index is 12.2. The van der Waals surface area contributed by atoms with Crippen molar-refractivity contribution in [2.45, 2.75) is 38.8 Å². The third kappa shape index (κ3) is 4.11. The second-order valence-corrected chi connectivity index (χ2v) is 7.68. The van der Waals surface area contributed by atoms with Gasteiger partial charge in [0, 0.05) is 17.4 Å². The number of nitrogens with zero attached hydrogens (tertiary/aromatic N) is 2. The highest BCUT2D eigenvalue weighted by molar-refractivity contribution is 7.13. The zero-order valence-electron chi connectivity index (χ0n) is 14.8. The first-order valence-corrected chi connectivity index (χ1v) is 9.48. The summed E-state index contributed by atoms with van der Waals surface area (Å²) >= 11 is 1.52. The minimum Gasteiger partial charge on any atom is -0.480 e. The van der Waals surface area contributed by atoms with E-state index in [4.69, 9.17) is 4.74 Å². The van der Waals surface area contributed by atoms with E-state index in [9.17, 15) is 14.7 Å². The van der Waals surface area contributed by atoms with E-state index in [0.717, 1.165) is 16.3 Å². The van der Waals surface area contributed by atoms with Crippen molar-refractivity contribution < 1.29 is 19.4 Å². The Morgan fingerprint density at radius 3 is 2.77 bits per heavy atom. The number of cyclic esters (lactones) is 1. The number of hydrogen-bond acceptors (Lipinski definition) is 6. The molecule has 0 spiro atoms. The molecule has 138 valence electrons. The number of thiazole rings is 1. The van der Waals surface area contributed by atoms with Gasteiger partial charge >= 0.3 is 11.9 Å². The molecule has 26 heavy (non-hydrogen) atoms. The smallest absolute Gasteiger partial charge is 0.325 e. The van der Waals surface area contributed by atoms with Crippen LogP contribution in [0.25, 0.3) is 10.6 Å². The summed E-state index contributed by atoms with van der Waals surface area (Å²) in [5.41, 5.74) is 1.80. The summed E-state index contributed by atoms with van der Waals surface area (Å²) in [4.78, 5) is 30.2. The molecule has 0 saturated carbocycles. The minimum absolute atomic E-state index is 0.0167. The molecule has 2 atom stereocenters. The molecular weight excluding hydrogens is 352 g/mol. The van der Waals surface area contributed by atoms with Crippen LogP contribution in [0.2, 0.25) is 0 Å². The molecule has 1 aliphatic rings. The number of carboxylic acid groups (broad SMARTS) is 1. The van der Waals surface area contributed by atoms with E-state index in [1.54, 1.807) is 4.90 Å². The molecule has 2 aromatic rings. The summed E-state index contributed by atoms with van der Waals surface area (Å²) in [6, 6.07) is 8.49. The average Bonchev–Trinajstić information content (AvgIpc) is 3.21.